The summed E-state index contributed by atoms with van der Waals surface area (Å²) in [4.78, 5) is 38.6. The molecule has 164 valence electrons. The van der Waals surface area contributed by atoms with E-state index in [9.17, 15) is 19.7 Å². The van der Waals surface area contributed by atoms with E-state index in [1.807, 2.05) is 36.6 Å². The highest BCUT2D eigenvalue weighted by molar-refractivity contribution is 6.00. The molecule has 0 N–H and O–H groups in total. The predicted octanol–water partition coefficient (Wildman–Crippen LogP) is 3.22. The summed E-state index contributed by atoms with van der Waals surface area (Å²) in [7, 11) is 0. The minimum atomic E-state index is -0.831. The number of hydrogen-bond acceptors (Lipinski definition) is 8. The third kappa shape index (κ3) is 4.15. The third-order valence-electron chi connectivity index (χ3n) is 5.15. The van der Waals surface area contributed by atoms with Crippen molar-refractivity contribution in [3.05, 3.63) is 80.9 Å². The van der Waals surface area contributed by atoms with Crippen LogP contribution in [0.4, 0.5) is 5.69 Å². The number of pyridine rings is 1. The van der Waals surface area contributed by atoms with Gasteiger partial charge in [0.15, 0.2) is 18.1 Å². The quantitative estimate of drug-likeness (QED) is 0.239. The molecule has 10 nitrogen and oxygen atoms in total. The van der Waals surface area contributed by atoms with Gasteiger partial charge in [0, 0.05) is 29.6 Å². The predicted molar refractivity (Wildman–Crippen MR) is 111 cm³/mol. The minimum absolute atomic E-state index is 0.114. The van der Waals surface area contributed by atoms with Crippen molar-refractivity contribution in [1.82, 2.24) is 9.55 Å². The summed E-state index contributed by atoms with van der Waals surface area (Å²) in [6.45, 7) is 3.99. The number of hydrogen-bond donors (Lipinski definition) is 0. The average molecular weight is 437 g/mol. The molecule has 0 spiro atoms. The Morgan fingerprint density at radius 2 is 1.94 bits per heavy atom. The van der Waals surface area contributed by atoms with Crippen LogP contribution in [0.2, 0.25) is 0 Å². The molecular weight excluding hydrogens is 418 g/mol. The van der Waals surface area contributed by atoms with Crippen LogP contribution in [0.25, 0.3) is 0 Å². The van der Waals surface area contributed by atoms with Crippen molar-refractivity contribution >= 4 is 17.4 Å². The lowest BCUT2D eigenvalue weighted by molar-refractivity contribution is -0.385. The lowest BCUT2D eigenvalue weighted by Crippen LogP contribution is -2.16. The SMILES string of the molecule is Cc1cc(C(=O)COC(=O)c2ccc([N+](=O)[O-])cn2)c(C)n1Cc1ccc2c(c1)OCO2. The van der Waals surface area contributed by atoms with E-state index in [0.717, 1.165) is 29.2 Å². The van der Waals surface area contributed by atoms with Gasteiger partial charge >= 0.3 is 5.97 Å². The Labute approximate surface area is 182 Å². The number of nitro groups is 1. The zero-order valence-corrected chi connectivity index (χ0v) is 17.4. The van der Waals surface area contributed by atoms with Gasteiger partial charge in [-0.15, -0.1) is 0 Å². The van der Waals surface area contributed by atoms with E-state index in [4.69, 9.17) is 14.2 Å². The van der Waals surface area contributed by atoms with Crippen molar-refractivity contribution in [1.29, 1.82) is 0 Å². The molecule has 3 aromatic rings. The molecule has 0 atom stereocenters. The van der Waals surface area contributed by atoms with E-state index < -0.39 is 17.5 Å². The summed E-state index contributed by atoms with van der Waals surface area (Å²) in [6, 6.07) is 9.78. The normalized spacial score (nSPS) is 11.9. The van der Waals surface area contributed by atoms with E-state index in [1.54, 1.807) is 6.07 Å². The topological polar surface area (TPSA) is 123 Å². The Morgan fingerprint density at radius 1 is 1.16 bits per heavy atom. The van der Waals surface area contributed by atoms with Gasteiger partial charge in [-0.1, -0.05) is 6.07 Å². The molecule has 1 aliphatic heterocycles. The smallest absolute Gasteiger partial charge is 0.357 e. The maximum atomic E-state index is 12.7. The molecular formula is C22H19N3O7. The van der Waals surface area contributed by atoms with Gasteiger partial charge in [0.25, 0.3) is 5.69 Å². The molecule has 0 saturated carbocycles. The number of nitrogens with zero attached hydrogens (tertiary/aromatic N) is 3. The number of ketones is 1. The van der Waals surface area contributed by atoms with Gasteiger partial charge in [0.05, 0.1) is 4.92 Å². The van der Waals surface area contributed by atoms with Gasteiger partial charge in [-0.2, -0.15) is 0 Å². The zero-order valence-electron chi connectivity index (χ0n) is 17.4. The number of aryl methyl sites for hydroxylation is 1. The monoisotopic (exact) mass is 437 g/mol. The summed E-state index contributed by atoms with van der Waals surface area (Å²) >= 11 is 0. The maximum Gasteiger partial charge on any atom is 0.357 e. The molecule has 3 heterocycles. The highest BCUT2D eigenvalue weighted by atomic mass is 16.7. The molecule has 0 saturated heterocycles. The van der Waals surface area contributed by atoms with Crippen LogP contribution in [0.5, 0.6) is 11.5 Å². The van der Waals surface area contributed by atoms with Crippen molar-refractivity contribution in [3.63, 3.8) is 0 Å². The number of aromatic nitrogens is 2. The summed E-state index contributed by atoms with van der Waals surface area (Å²) < 4.78 is 17.8. The molecule has 1 aromatic carbocycles. The Balaban J connectivity index is 1.43. The Kier molecular flexibility index (Phi) is 5.59. The van der Waals surface area contributed by atoms with Crippen molar-refractivity contribution in [2.24, 2.45) is 0 Å². The fraction of sp³-hybridized carbons (Fsp3) is 0.227. The molecule has 4 rings (SSSR count). The van der Waals surface area contributed by atoms with E-state index >= 15 is 0 Å². The van der Waals surface area contributed by atoms with Crippen LogP contribution in [0.1, 0.15) is 37.8 Å². The fourth-order valence-electron chi connectivity index (χ4n) is 3.45. The van der Waals surface area contributed by atoms with E-state index in [1.165, 1.54) is 6.07 Å². The highest BCUT2D eigenvalue weighted by Gasteiger charge is 2.20. The number of esters is 1. The first-order chi connectivity index (χ1) is 15.3. The summed E-state index contributed by atoms with van der Waals surface area (Å²) in [5.74, 6) is 0.204. The lowest BCUT2D eigenvalue weighted by atomic mass is 10.1. The molecule has 0 radical (unpaired) electrons. The zero-order chi connectivity index (χ0) is 22.8. The van der Waals surface area contributed by atoms with Crippen LogP contribution >= 0.6 is 0 Å². The molecule has 2 aromatic heterocycles. The Bertz CT molecular complexity index is 1220. The van der Waals surface area contributed by atoms with Gasteiger partial charge in [-0.05, 0) is 43.7 Å². The molecule has 0 aliphatic carbocycles. The molecule has 1 aliphatic rings. The third-order valence-corrected chi connectivity index (χ3v) is 5.15. The molecule has 0 amide bonds. The first-order valence-electron chi connectivity index (χ1n) is 9.69. The average Bonchev–Trinajstić information content (AvgIpc) is 3.36. The van der Waals surface area contributed by atoms with Crippen molar-refractivity contribution in [3.8, 4) is 11.5 Å². The van der Waals surface area contributed by atoms with E-state index in [-0.39, 0.29) is 24.0 Å². The number of fused-ring (bicyclic) bond motifs is 1. The highest BCUT2D eigenvalue weighted by Crippen LogP contribution is 2.33. The summed E-state index contributed by atoms with van der Waals surface area (Å²) in [5, 5.41) is 10.7. The largest absolute Gasteiger partial charge is 0.454 e. The Hall–Kier alpha value is -4.21. The second-order valence-electron chi connectivity index (χ2n) is 7.22. The van der Waals surface area contributed by atoms with Crippen LogP contribution in [0.15, 0.2) is 42.6 Å². The van der Waals surface area contributed by atoms with Gasteiger partial charge in [0.2, 0.25) is 12.6 Å². The van der Waals surface area contributed by atoms with Crippen LogP contribution < -0.4 is 9.47 Å². The number of rotatable bonds is 7. The second kappa shape index (κ2) is 8.50. The van der Waals surface area contributed by atoms with Crippen LogP contribution in [-0.4, -0.2) is 39.6 Å². The fourth-order valence-corrected chi connectivity index (χ4v) is 3.45. The molecule has 10 heteroatoms. The van der Waals surface area contributed by atoms with Gasteiger partial charge in [-0.3, -0.25) is 14.9 Å². The van der Waals surface area contributed by atoms with E-state index in [2.05, 4.69) is 4.98 Å². The minimum Gasteiger partial charge on any atom is -0.454 e. The van der Waals surface area contributed by atoms with Crippen molar-refractivity contribution in [2.75, 3.05) is 13.4 Å². The van der Waals surface area contributed by atoms with Crippen molar-refractivity contribution < 1.29 is 28.7 Å². The lowest BCUT2D eigenvalue weighted by Gasteiger charge is -2.11. The number of ether oxygens (including phenoxy) is 3. The van der Waals surface area contributed by atoms with Crippen LogP contribution in [0.3, 0.4) is 0 Å². The number of benzene rings is 1. The first kappa shape index (κ1) is 21.0. The molecule has 32 heavy (non-hydrogen) atoms. The second-order valence-corrected chi connectivity index (χ2v) is 7.22. The van der Waals surface area contributed by atoms with Gasteiger partial charge in [0.1, 0.15) is 11.9 Å². The summed E-state index contributed by atoms with van der Waals surface area (Å²) in [6.07, 6.45) is 0.960. The molecule has 0 unspecified atom stereocenters. The first-order valence-corrected chi connectivity index (χ1v) is 9.69. The summed E-state index contributed by atoms with van der Waals surface area (Å²) in [5.41, 5.74) is 2.71. The number of carbonyl (C=O) groups is 2. The molecule has 0 fully saturated rings. The van der Waals surface area contributed by atoms with E-state index in [0.29, 0.717) is 23.6 Å². The maximum absolute atomic E-state index is 12.7. The molecule has 0 bridgehead atoms. The standard InChI is InChI=1S/C22H19N3O7/c1-13-7-17(14(2)24(13)10-15-3-6-20-21(8-15)32-12-31-20)19(26)11-30-22(27)18-5-4-16(9-23-18)25(28)29/h3-9H,10-12H2,1-2H3. The Morgan fingerprint density at radius 3 is 2.66 bits per heavy atom. The van der Waals surface area contributed by atoms with Gasteiger partial charge < -0.3 is 18.8 Å². The van der Waals surface area contributed by atoms with Crippen LogP contribution in [-0.2, 0) is 11.3 Å². The number of carbonyl (C=O) groups excluding carboxylic acids is 2. The van der Waals surface area contributed by atoms with Crippen LogP contribution in [0, 0.1) is 24.0 Å². The number of Topliss-reactive ketones (excluding diaryl/α,β-unsaturated/α-hetero) is 1. The van der Waals surface area contributed by atoms with Gasteiger partial charge in [-0.25, -0.2) is 9.78 Å². The van der Waals surface area contributed by atoms with Crippen molar-refractivity contribution in [2.45, 2.75) is 20.4 Å².